The molecule has 1 saturated heterocycles. The molecule has 1 aliphatic rings. The number of nitrogens with one attached hydrogen (secondary N) is 2. The van der Waals surface area contributed by atoms with E-state index in [9.17, 15) is 9.59 Å². The first-order chi connectivity index (χ1) is 11.7. The molecule has 0 radical (unpaired) electrons. The third-order valence-electron chi connectivity index (χ3n) is 4.48. The van der Waals surface area contributed by atoms with Crippen LogP contribution in [0.4, 0.5) is 0 Å². The summed E-state index contributed by atoms with van der Waals surface area (Å²) >= 11 is 0. The molecule has 5 heteroatoms. The number of carbonyl (C=O) groups excluding carboxylic acids is 2. The second-order valence-electron chi connectivity index (χ2n) is 6.12. The lowest BCUT2D eigenvalue weighted by atomic mass is 10.0. The van der Waals surface area contributed by atoms with Gasteiger partial charge in [0.25, 0.3) is 5.91 Å². The predicted octanol–water partition coefficient (Wildman–Crippen LogP) is 0.676. The maximum atomic E-state index is 12.2. The number of hydrogen-bond donors (Lipinski definition) is 2. The fraction of sp³-hybridized carbons (Fsp3) is 0.368. The number of ether oxygens (including phenoxy) is 1. The molecule has 0 saturated carbocycles. The Labute approximate surface area is 141 Å². The first kappa shape index (κ1) is 16.5. The van der Waals surface area contributed by atoms with E-state index in [0.29, 0.717) is 13.2 Å². The number of benzene rings is 2. The molecule has 1 aliphatic heterocycles. The van der Waals surface area contributed by atoms with Gasteiger partial charge in [0, 0.05) is 5.56 Å². The van der Waals surface area contributed by atoms with Crippen molar-refractivity contribution < 1.29 is 19.2 Å². The minimum atomic E-state index is -0.385. The van der Waals surface area contributed by atoms with E-state index in [0.717, 1.165) is 18.0 Å². The Balaban J connectivity index is 1.76. The van der Waals surface area contributed by atoms with Crippen molar-refractivity contribution in [3.05, 3.63) is 48.0 Å². The quantitative estimate of drug-likeness (QED) is 0.794. The summed E-state index contributed by atoms with van der Waals surface area (Å²) in [6.45, 7) is 4.29. The van der Waals surface area contributed by atoms with Crippen molar-refractivity contribution in [2.45, 2.75) is 25.9 Å². The van der Waals surface area contributed by atoms with Crippen LogP contribution in [0.3, 0.4) is 0 Å². The maximum absolute atomic E-state index is 12.2. The molecule has 2 aromatic rings. The van der Waals surface area contributed by atoms with E-state index in [1.54, 1.807) is 6.92 Å². The molecule has 3 rings (SSSR count). The van der Waals surface area contributed by atoms with Crippen LogP contribution in [0, 0.1) is 0 Å². The zero-order valence-electron chi connectivity index (χ0n) is 13.9. The topological polar surface area (TPSA) is 59.8 Å². The van der Waals surface area contributed by atoms with Gasteiger partial charge in [0.2, 0.25) is 0 Å². The average Bonchev–Trinajstić information content (AvgIpc) is 2.58. The highest BCUT2D eigenvalue weighted by atomic mass is 16.5. The summed E-state index contributed by atoms with van der Waals surface area (Å²) in [5.41, 5.74) is 1.17. The zero-order chi connectivity index (χ0) is 16.9. The normalized spacial score (nSPS) is 20.6. The van der Waals surface area contributed by atoms with Crippen LogP contribution in [0.5, 0.6) is 0 Å². The molecule has 126 valence electrons. The molecule has 1 heterocycles. The maximum Gasteiger partial charge on any atom is 0.312 e. The molecular formula is C19H23N2O3+. The molecule has 0 aromatic heterocycles. The van der Waals surface area contributed by atoms with Crippen molar-refractivity contribution in [1.82, 2.24) is 5.32 Å². The van der Waals surface area contributed by atoms with Crippen LogP contribution < -0.4 is 10.2 Å². The number of esters is 1. The summed E-state index contributed by atoms with van der Waals surface area (Å²) in [7, 11) is 0. The molecular weight excluding hydrogens is 304 g/mol. The third kappa shape index (κ3) is 3.74. The first-order valence-electron chi connectivity index (χ1n) is 8.43. The molecule has 2 atom stereocenters. The van der Waals surface area contributed by atoms with Gasteiger partial charge in [0.1, 0.15) is 13.0 Å². The monoisotopic (exact) mass is 327 g/mol. The van der Waals surface area contributed by atoms with Gasteiger partial charge in [-0.05, 0) is 23.8 Å². The van der Waals surface area contributed by atoms with Crippen LogP contribution in [-0.4, -0.2) is 37.6 Å². The number of hydrogen-bond acceptors (Lipinski definition) is 3. The lowest BCUT2D eigenvalue weighted by molar-refractivity contribution is -0.930. The zero-order valence-corrected chi connectivity index (χ0v) is 13.9. The minimum absolute atomic E-state index is 0.0647. The molecule has 1 fully saturated rings. The van der Waals surface area contributed by atoms with Crippen LogP contribution in [0.1, 0.15) is 18.9 Å². The van der Waals surface area contributed by atoms with Gasteiger partial charge in [0.05, 0.1) is 19.7 Å². The SMILES string of the molecule is CCOC(=O)C[C@H]1C(=O)NCC[NH+]1Cc1ccc2ccccc2c1. The number of fused-ring (bicyclic) bond motifs is 1. The Morgan fingerprint density at radius 3 is 2.83 bits per heavy atom. The minimum Gasteiger partial charge on any atom is -0.466 e. The van der Waals surface area contributed by atoms with Gasteiger partial charge in [-0.1, -0.05) is 36.4 Å². The molecule has 0 spiro atoms. The van der Waals surface area contributed by atoms with Gasteiger partial charge < -0.3 is 15.0 Å². The summed E-state index contributed by atoms with van der Waals surface area (Å²) in [6.07, 6.45) is 0.128. The highest BCUT2D eigenvalue weighted by molar-refractivity contribution is 5.86. The smallest absolute Gasteiger partial charge is 0.312 e. The van der Waals surface area contributed by atoms with Gasteiger partial charge in [-0.15, -0.1) is 0 Å². The van der Waals surface area contributed by atoms with Crippen molar-refractivity contribution in [3.63, 3.8) is 0 Å². The summed E-state index contributed by atoms with van der Waals surface area (Å²) in [5, 5.41) is 5.25. The summed E-state index contributed by atoms with van der Waals surface area (Å²) in [4.78, 5) is 25.1. The Morgan fingerprint density at radius 2 is 2.04 bits per heavy atom. The van der Waals surface area contributed by atoms with Crippen molar-refractivity contribution in [3.8, 4) is 0 Å². The lowest BCUT2D eigenvalue weighted by Gasteiger charge is -2.31. The molecule has 0 bridgehead atoms. The first-order valence-corrected chi connectivity index (χ1v) is 8.43. The Kier molecular flexibility index (Phi) is 5.11. The Morgan fingerprint density at radius 1 is 1.25 bits per heavy atom. The van der Waals surface area contributed by atoms with E-state index < -0.39 is 0 Å². The number of quaternary nitrogens is 1. The van der Waals surface area contributed by atoms with E-state index >= 15 is 0 Å². The molecule has 0 aliphatic carbocycles. The number of rotatable bonds is 5. The van der Waals surface area contributed by atoms with Crippen molar-refractivity contribution >= 4 is 22.6 Å². The van der Waals surface area contributed by atoms with E-state index in [4.69, 9.17) is 4.74 Å². The van der Waals surface area contributed by atoms with E-state index in [1.165, 1.54) is 16.3 Å². The van der Waals surface area contributed by atoms with Crippen molar-refractivity contribution in [2.24, 2.45) is 0 Å². The van der Waals surface area contributed by atoms with Crippen LogP contribution in [0.2, 0.25) is 0 Å². The van der Waals surface area contributed by atoms with Gasteiger partial charge in [-0.3, -0.25) is 9.59 Å². The van der Waals surface area contributed by atoms with Gasteiger partial charge >= 0.3 is 5.97 Å². The Hall–Kier alpha value is -2.40. The van der Waals surface area contributed by atoms with Crippen LogP contribution >= 0.6 is 0 Å². The van der Waals surface area contributed by atoms with E-state index in [-0.39, 0.29) is 24.3 Å². The molecule has 1 amide bonds. The standard InChI is InChI=1S/C19H22N2O3/c1-2-24-18(22)12-17-19(23)20-9-10-21(17)13-14-7-8-15-5-3-4-6-16(15)11-14/h3-8,11,17H,2,9-10,12-13H2,1H3,(H,20,23)/p+1/t17-/m0/s1. The second kappa shape index (κ2) is 7.45. The van der Waals surface area contributed by atoms with E-state index in [2.05, 4.69) is 35.6 Å². The fourth-order valence-corrected chi connectivity index (χ4v) is 3.28. The van der Waals surface area contributed by atoms with Gasteiger partial charge in [-0.25, -0.2) is 0 Å². The number of piperazine rings is 1. The number of carbonyl (C=O) groups is 2. The van der Waals surface area contributed by atoms with Crippen LogP contribution in [-0.2, 0) is 20.9 Å². The average molecular weight is 327 g/mol. The number of amides is 1. The van der Waals surface area contributed by atoms with Crippen molar-refractivity contribution in [1.29, 1.82) is 0 Å². The largest absolute Gasteiger partial charge is 0.466 e. The van der Waals surface area contributed by atoms with Crippen LogP contribution in [0.25, 0.3) is 10.8 Å². The lowest BCUT2D eigenvalue weighted by Crippen LogP contribution is -3.18. The molecule has 24 heavy (non-hydrogen) atoms. The summed E-state index contributed by atoms with van der Waals surface area (Å²) in [5.74, 6) is -0.374. The van der Waals surface area contributed by atoms with Gasteiger partial charge in [0.15, 0.2) is 6.04 Å². The molecule has 5 nitrogen and oxygen atoms in total. The highest BCUT2D eigenvalue weighted by Gasteiger charge is 2.35. The van der Waals surface area contributed by atoms with Crippen molar-refractivity contribution in [2.75, 3.05) is 19.7 Å². The second-order valence-corrected chi connectivity index (χ2v) is 6.12. The molecule has 2 N–H and O–H groups in total. The molecule has 1 unspecified atom stereocenters. The third-order valence-corrected chi connectivity index (χ3v) is 4.48. The summed E-state index contributed by atoms with van der Waals surface area (Å²) < 4.78 is 5.02. The highest BCUT2D eigenvalue weighted by Crippen LogP contribution is 2.15. The predicted molar refractivity (Wildman–Crippen MR) is 91.5 cm³/mol. The Bertz CT molecular complexity index is 744. The fourth-order valence-electron chi connectivity index (χ4n) is 3.28. The van der Waals surface area contributed by atoms with Gasteiger partial charge in [-0.2, -0.15) is 0 Å². The van der Waals surface area contributed by atoms with Crippen LogP contribution in [0.15, 0.2) is 42.5 Å². The van der Waals surface area contributed by atoms with E-state index in [1.807, 2.05) is 12.1 Å². The summed E-state index contributed by atoms with van der Waals surface area (Å²) in [6, 6.07) is 14.2. The molecule has 2 aromatic carbocycles.